The highest BCUT2D eigenvalue weighted by Gasteiger charge is 2.17. The van der Waals surface area contributed by atoms with Crippen LogP contribution in [0.1, 0.15) is 34.1 Å². The SMILES string of the molecule is C=CCCOc1nc(B(O)O)cn2ccnc12.CC.CC. The predicted molar refractivity (Wildman–Crippen MR) is 85.8 cm³/mol. The summed E-state index contributed by atoms with van der Waals surface area (Å²) in [6.07, 6.45) is 7.18. The van der Waals surface area contributed by atoms with Gasteiger partial charge in [-0.3, -0.25) is 0 Å². The molecule has 21 heavy (non-hydrogen) atoms. The third kappa shape index (κ3) is 5.57. The Hall–Kier alpha value is -1.86. The van der Waals surface area contributed by atoms with Crippen molar-refractivity contribution in [2.45, 2.75) is 34.1 Å². The van der Waals surface area contributed by atoms with Crippen molar-refractivity contribution in [3.8, 4) is 5.88 Å². The Bertz CT molecular complexity index is 529. The van der Waals surface area contributed by atoms with E-state index < -0.39 is 7.12 Å². The van der Waals surface area contributed by atoms with Gasteiger partial charge in [0.15, 0.2) is 5.65 Å². The van der Waals surface area contributed by atoms with Crippen LogP contribution in [0, 0.1) is 0 Å². The Morgan fingerprint density at radius 2 is 2.00 bits per heavy atom. The molecule has 7 heteroatoms. The molecule has 0 radical (unpaired) electrons. The van der Waals surface area contributed by atoms with E-state index in [0.29, 0.717) is 18.7 Å². The molecule has 0 aliphatic carbocycles. The highest BCUT2D eigenvalue weighted by atomic mass is 16.5. The summed E-state index contributed by atoms with van der Waals surface area (Å²) in [4.78, 5) is 8.09. The van der Waals surface area contributed by atoms with Crippen molar-refractivity contribution in [1.82, 2.24) is 14.4 Å². The molecule has 0 aliphatic heterocycles. The molecular weight excluding hydrogens is 269 g/mol. The molecule has 2 aromatic heterocycles. The third-order valence-electron chi connectivity index (χ3n) is 2.19. The average Bonchev–Trinajstić information content (AvgIpc) is 3.00. The summed E-state index contributed by atoms with van der Waals surface area (Å²) in [6, 6.07) is 0. The van der Waals surface area contributed by atoms with Gasteiger partial charge in [-0.05, 0) is 6.42 Å². The van der Waals surface area contributed by atoms with Crippen LogP contribution in [0.4, 0.5) is 0 Å². The summed E-state index contributed by atoms with van der Waals surface area (Å²) < 4.78 is 7.05. The third-order valence-corrected chi connectivity index (χ3v) is 2.19. The summed E-state index contributed by atoms with van der Waals surface area (Å²) in [5, 5.41) is 18.2. The van der Waals surface area contributed by atoms with Gasteiger partial charge in [-0.1, -0.05) is 33.8 Å². The number of nitrogens with zero attached hydrogens (tertiary/aromatic N) is 3. The zero-order valence-electron chi connectivity index (χ0n) is 13.2. The van der Waals surface area contributed by atoms with E-state index in [1.807, 2.05) is 27.7 Å². The average molecular weight is 293 g/mol. The van der Waals surface area contributed by atoms with Crippen LogP contribution in [0.3, 0.4) is 0 Å². The summed E-state index contributed by atoms with van der Waals surface area (Å²) in [6.45, 7) is 12.0. The van der Waals surface area contributed by atoms with Gasteiger partial charge in [-0.25, -0.2) is 9.97 Å². The molecule has 2 aromatic rings. The Balaban J connectivity index is 0.000000921. The van der Waals surface area contributed by atoms with E-state index in [-0.39, 0.29) is 11.5 Å². The fourth-order valence-electron chi connectivity index (χ4n) is 1.38. The standard InChI is InChI=1S/C10H12BN3O3.2C2H6/c1-2-3-6-17-10-9-12-4-5-14(9)7-8(13-10)11(15)16;2*1-2/h2,4-5,7,15-16H,1,3,6H2;2*1-2H3. The van der Waals surface area contributed by atoms with Crippen molar-refractivity contribution in [3.63, 3.8) is 0 Å². The molecule has 0 aliphatic rings. The number of hydrogen-bond acceptors (Lipinski definition) is 5. The van der Waals surface area contributed by atoms with Crippen LogP contribution in [0.2, 0.25) is 0 Å². The second kappa shape index (κ2) is 10.9. The molecule has 0 aromatic carbocycles. The lowest BCUT2D eigenvalue weighted by Crippen LogP contribution is -2.33. The topological polar surface area (TPSA) is 79.9 Å². The molecule has 0 unspecified atom stereocenters. The van der Waals surface area contributed by atoms with E-state index in [0.717, 1.165) is 0 Å². The molecule has 6 nitrogen and oxygen atoms in total. The van der Waals surface area contributed by atoms with Gasteiger partial charge in [0.25, 0.3) is 5.88 Å². The van der Waals surface area contributed by atoms with Crippen LogP contribution in [-0.2, 0) is 0 Å². The number of aromatic nitrogens is 3. The monoisotopic (exact) mass is 293 g/mol. The number of fused-ring (bicyclic) bond motifs is 1. The fraction of sp³-hybridized carbons (Fsp3) is 0.429. The van der Waals surface area contributed by atoms with Crippen LogP contribution in [0.5, 0.6) is 5.88 Å². The lowest BCUT2D eigenvalue weighted by molar-refractivity contribution is 0.314. The Labute approximate surface area is 126 Å². The summed E-state index contributed by atoms with van der Waals surface area (Å²) >= 11 is 0. The van der Waals surface area contributed by atoms with Crippen molar-refractivity contribution in [2.75, 3.05) is 6.61 Å². The van der Waals surface area contributed by atoms with Gasteiger partial charge in [0.2, 0.25) is 0 Å². The molecule has 0 saturated heterocycles. The molecule has 0 fully saturated rings. The van der Waals surface area contributed by atoms with Crippen molar-refractivity contribution in [1.29, 1.82) is 0 Å². The second-order valence-corrected chi connectivity index (χ2v) is 3.43. The highest BCUT2D eigenvalue weighted by Crippen LogP contribution is 2.13. The second-order valence-electron chi connectivity index (χ2n) is 3.43. The maximum atomic E-state index is 9.10. The summed E-state index contributed by atoms with van der Waals surface area (Å²) in [5.41, 5.74) is 0.655. The van der Waals surface area contributed by atoms with Crippen molar-refractivity contribution >= 4 is 18.4 Å². The Morgan fingerprint density at radius 3 is 2.57 bits per heavy atom. The molecule has 0 bridgehead atoms. The van der Waals surface area contributed by atoms with Gasteiger partial charge in [0.1, 0.15) is 0 Å². The minimum atomic E-state index is -1.64. The molecule has 0 saturated carbocycles. The first kappa shape index (κ1) is 19.1. The van der Waals surface area contributed by atoms with Crippen LogP contribution in [0.25, 0.3) is 5.65 Å². The van der Waals surface area contributed by atoms with Crippen molar-refractivity contribution < 1.29 is 14.8 Å². The van der Waals surface area contributed by atoms with Crippen LogP contribution in [-0.4, -0.2) is 38.1 Å². The van der Waals surface area contributed by atoms with Crippen molar-refractivity contribution in [3.05, 3.63) is 31.2 Å². The van der Waals surface area contributed by atoms with E-state index in [4.69, 9.17) is 14.8 Å². The molecule has 2 heterocycles. The summed E-state index contributed by atoms with van der Waals surface area (Å²) in [7, 11) is -1.64. The van der Waals surface area contributed by atoms with E-state index in [1.165, 1.54) is 6.20 Å². The molecule has 116 valence electrons. The maximum absolute atomic E-state index is 9.10. The van der Waals surface area contributed by atoms with Crippen LogP contribution in [0.15, 0.2) is 31.2 Å². The van der Waals surface area contributed by atoms with Gasteiger partial charge in [-0.15, -0.1) is 6.58 Å². The van der Waals surface area contributed by atoms with E-state index in [2.05, 4.69) is 16.5 Å². The van der Waals surface area contributed by atoms with Gasteiger partial charge in [-0.2, -0.15) is 0 Å². The molecule has 0 spiro atoms. The molecule has 2 rings (SSSR count). The first-order valence-corrected chi connectivity index (χ1v) is 7.16. The lowest BCUT2D eigenvalue weighted by atomic mass is 9.87. The van der Waals surface area contributed by atoms with E-state index in [1.54, 1.807) is 22.9 Å². The first-order valence-electron chi connectivity index (χ1n) is 7.16. The van der Waals surface area contributed by atoms with E-state index in [9.17, 15) is 0 Å². The normalized spacial score (nSPS) is 9.05. The zero-order valence-corrected chi connectivity index (χ0v) is 13.2. The number of rotatable bonds is 5. The molecular formula is C14H24BN3O3. The van der Waals surface area contributed by atoms with Crippen LogP contribution < -0.4 is 10.3 Å². The maximum Gasteiger partial charge on any atom is 0.509 e. The number of hydrogen-bond donors (Lipinski definition) is 2. The van der Waals surface area contributed by atoms with Gasteiger partial charge >= 0.3 is 7.12 Å². The fourth-order valence-corrected chi connectivity index (χ4v) is 1.38. The van der Waals surface area contributed by atoms with Gasteiger partial charge < -0.3 is 19.2 Å². The zero-order chi connectivity index (χ0) is 16.3. The number of imidazole rings is 1. The quantitative estimate of drug-likeness (QED) is 0.495. The van der Waals surface area contributed by atoms with Gasteiger partial charge in [0.05, 0.1) is 12.2 Å². The summed E-state index contributed by atoms with van der Waals surface area (Å²) in [5.74, 6) is 0.280. The minimum Gasteiger partial charge on any atom is -0.475 e. The highest BCUT2D eigenvalue weighted by molar-refractivity contribution is 6.57. The number of ether oxygens (including phenoxy) is 1. The molecule has 0 amide bonds. The molecule has 2 N–H and O–H groups in total. The smallest absolute Gasteiger partial charge is 0.475 e. The van der Waals surface area contributed by atoms with E-state index >= 15 is 0 Å². The predicted octanol–water partition coefficient (Wildman–Crippen LogP) is 1.42. The largest absolute Gasteiger partial charge is 0.509 e. The van der Waals surface area contributed by atoms with Gasteiger partial charge in [0, 0.05) is 18.6 Å². The molecule has 0 atom stereocenters. The lowest BCUT2D eigenvalue weighted by Gasteiger charge is -2.07. The van der Waals surface area contributed by atoms with Crippen molar-refractivity contribution in [2.24, 2.45) is 0 Å². The van der Waals surface area contributed by atoms with Crippen LogP contribution >= 0.6 is 0 Å². The Kier molecular flexibility index (Phi) is 9.92. The minimum absolute atomic E-state index is 0.115. The first-order chi connectivity index (χ1) is 10.2. The Morgan fingerprint density at radius 1 is 1.33 bits per heavy atom.